The van der Waals surface area contributed by atoms with Crippen molar-refractivity contribution in [3.8, 4) is 0 Å². The lowest BCUT2D eigenvalue weighted by molar-refractivity contribution is 0.269. The number of hydrogen-bond donors (Lipinski definition) is 1. The van der Waals surface area contributed by atoms with Crippen LogP contribution in [-0.2, 0) is 26.5 Å². The minimum atomic E-state index is 0.124. The molecule has 0 radical (unpaired) electrons. The number of nitrogens with zero attached hydrogens (tertiary/aromatic N) is 2. The molecular formula is C8H12N2O. The van der Waals surface area contributed by atoms with Crippen molar-refractivity contribution in [3.63, 3.8) is 0 Å². The standard InChI is InChI=1S/C8H12N2O/c1-10-8(5-11)6-3-2-4-7(6)9-10/h11H,2-5H2,1H3. The Bertz CT molecular complexity index is 278. The number of fused-ring (bicyclic) bond motifs is 1. The summed E-state index contributed by atoms with van der Waals surface area (Å²) in [7, 11) is 1.89. The topological polar surface area (TPSA) is 38.0 Å². The van der Waals surface area contributed by atoms with Gasteiger partial charge in [0.05, 0.1) is 18.0 Å². The molecule has 60 valence electrons. The zero-order valence-corrected chi connectivity index (χ0v) is 6.67. The molecule has 0 fully saturated rings. The molecule has 11 heavy (non-hydrogen) atoms. The highest BCUT2D eigenvalue weighted by atomic mass is 16.3. The van der Waals surface area contributed by atoms with E-state index in [0.717, 1.165) is 18.5 Å². The predicted octanol–water partition coefficient (Wildman–Crippen LogP) is 0.401. The Morgan fingerprint density at radius 3 is 3.09 bits per heavy atom. The first-order chi connectivity index (χ1) is 5.33. The number of hydrogen-bond acceptors (Lipinski definition) is 2. The van der Waals surface area contributed by atoms with Gasteiger partial charge in [-0.1, -0.05) is 0 Å². The van der Waals surface area contributed by atoms with Crippen molar-refractivity contribution >= 4 is 0 Å². The van der Waals surface area contributed by atoms with Crippen LogP contribution >= 0.6 is 0 Å². The van der Waals surface area contributed by atoms with E-state index in [0.29, 0.717) is 0 Å². The van der Waals surface area contributed by atoms with Crippen LogP contribution in [0.1, 0.15) is 23.4 Å². The van der Waals surface area contributed by atoms with Gasteiger partial charge >= 0.3 is 0 Å². The van der Waals surface area contributed by atoms with E-state index in [-0.39, 0.29) is 6.61 Å². The summed E-state index contributed by atoms with van der Waals surface area (Å²) < 4.78 is 1.80. The fraction of sp³-hybridized carbons (Fsp3) is 0.625. The Kier molecular flexibility index (Phi) is 1.46. The minimum Gasteiger partial charge on any atom is -0.390 e. The van der Waals surface area contributed by atoms with Crippen LogP contribution in [0.25, 0.3) is 0 Å². The summed E-state index contributed by atoms with van der Waals surface area (Å²) in [5.74, 6) is 0. The van der Waals surface area contributed by atoms with Gasteiger partial charge in [-0.25, -0.2) is 0 Å². The highest BCUT2D eigenvalue weighted by Gasteiger charge is 2.19. The molecule has 0 spiro atoms. The molecule has 0 atom stereocenters. The second kappa shape index (κ2) is 2.34. The quantitative estimate of drug-likeness (QED) is 0.632. The lowest BCUT2D eigenvalue weighted by atomic mass is 10.2. The van der Waals surface area contributed by atoms with Gasteiger partial charge in [0.1, 0.15) is 0 Å². The molecule has 1 aromatic heterocycles. The fourth-order valence-corrected chi connectivity index (χ4v) is 1.78. The number of aryl methyl sites for hydroxylation is 2. The molecule has 1 N–H and O–H groups in total. The van der Waals surface area contributed by atoms with E-state index in [1.807, 2.05) is 7.05 Å². The molecule has 0 saturated carbocycles. The van der Waals surface area contributed by atoms with Gasteiger partial charge in [-0.2, -0.15) is 5.10 Å². The molecule has 0 unspecified atom stereocenters. The van der Waals surface area contributed by atoms with Crippen LogP contribution in [0.2, 0.25) is 0 Å². The maximum atomic E-state index is 9.01. The number of aliphatic hydroxyl groups excluding tert-OH is 1. The number of aliphatic hydroxyl groups is 1. The highest BCUT2D eigenvalue weighted by molar-refractivity contribution is 5.29. The SMILES string of the molecule is Cn1nc2c(c1CO)CCC2. The van der Waals surface area contributed by atoms with Gasteiger partial charge in [-0.05, 0) is 24.8 Å². The van der Waals surface area contributed by atoms with Crippen LogP contribution in [-0.4, -0.2) is 14.9 Å². The Morgan fingerprint density at radius 1 is 1.55 bits per heavy atom. The third kappa shape index (κ3) is 0.878. The van der Waals surface area contributed by atoms with Crippen molar-refractivity contribution in [1.82, 2.24) is 9.78 Å². The van der Waals surface area contributed by atoms with Crippen molar-refractivity contribution in [1.29, 1.82) is 0 Å². The molecule has 1 aliphatic carbocycles. The molecular weight excluding hydrogens is 140 g/mol. The largest absolute Gasteiger partial charge is 0.390 e. The summed E-state index contributed by atoms with van der Waals surface area (Å²) in [5, 5.41) is 13.3. The summed E-state index contributed by atoms with van der Waals surface area (Å²) in [6.45, 7) is 0.124. The molecule has 0 amide bonds. The van der Waals surface area contributed by atoms with Gasteiger partial charge in [-0.3, -0.25) is 4.68 Å². The first kappa shape index (κ1) is 6.85. The normalized spacial score (nSPS) is 15.5. The monoisotopic (exact) mass is 152 g/mol. The van der Waals surface area contributed by atoms with Gasteiger partial charge in [0, 0.05) is 7.05 Å². The molecule has 0 aliphatic heterocycles. The molecule has 3 nitrogen and oxygen atoms in total. The zero-order chi connectivity index (χ0) is 7.84. The van der Waals surface area contributed by atoms with Crippen molar-refractivity contribution in [2.45, 2.75) is 25.9 Å². The van der Waals surface area contributed by atoms with Crippen LogP contribution in [0.4, 0.5) is 0 Å². The average Bonchev–Trinajstić information content (AvgIpc) is 2.46. The fourth-order valence-electron chi connectivity index (χ4n) is 1.78. The van der Waals surface area contributed by atoms with Gasteiger partial charge in [0.15, 0.2) is 0 Å². The van der Waals surface area contributed by atoms with E-state index in [1.54, 1.807) is 4.68 Å². The molecule has 1 aliphatic rings. The molecule has 3 heteroatoms. The molecule has 0 saturated heterocycles. The van der Waals surface area contributed by atoms with Crippen molar-refractivity contribution in [3.05, 3.63) is 17.0 Å². The van der Waals surface area contributed by atoms with E-state index in [1.165, 1.54) is 17.7 Å². The second-order valence-corrected chi connectivity index (χ2v) is 3.01. The maximum Gasteiger partial charge on any atom is 0.0852 e. The van der Waals surface area contributed by atoms with Gasteiger partial charge in [-0.15, -0.1) is 0 Å². The minimum absolute atomic E-state index is 0.124. The second-order valence-electron chi connectivity index (χ2n) is 3.01. The Balaban J connectivity index is 2.52. The molecule has 2 rings (SSSR count). The summed E-state index contributed by atoms with van der Waals surface area (Å²) in [6.07, 6.45) is 3.38. The number of aromatic nitrogens is 2. The van der Waals surface area contributed by atoms with Crippen molar-refractivity contribution in [2.75, 3.05) is 0 Å². The first-order valence-electron chi connectivity index (χ1n) is 3.97. The smallest absolute Gasteiger partial charge is 0.0852 e. The first-order valence-corrected chi connectivity index (χ1v) is 3.97. The van der Waals surface area contributed by atoms with Crippen LogP contribution in [0.15, 0.2) is 0 Å². The number of rotatable bonds is 1. The van der Waals surface area contributed by atoms with Crippen LogP contribution in [0.3, 0.4) is 0 Å². The Hall–Kier alpha value is -0.830. The Labute approximate surface area is 65.7 Å². The maximum absolute atomic E-state index is 9.01. The van der Waals surface area contributed by atoms with Crippen LogP contribution in [0, 0.1) is 0 Å². The predicted molar refractivity (Wildman–Crippen MR) is 41.2 cm³/mol. The summed E-state index contributed by atoms with van der Waals surface area (Å²) >= 11 is 0. The molecule has 1 heterocycles. The third-order valence-electron chi connectivity index (χ3n) is 2.35. The van der Waals surface area contributed by atoms with Crippen LogP contribution in [0.5, 0.6) is 0 Å². The van der Waals surface area contributed by atoms with Gasteiger partial charge in [0.2, 0.25) is 0 Å². The van der Waals surface area contributed by atoms with E-state index < -0.39 is 0 Å². The van der Waals surface area contributed by atoms with Crippen LogP contribution < -0.4 is 0 Å². The van der Waals surface area contributed by atoms with E-state index in [4.69, 9.17) is 5.11 Å². The Morgan fingerprint density at radius 2 is 2.36 bits per heavy atom. The van der Waals surface area contributed by atoms with Gasteiger partial charge in [0.25, 0.3) is 0 Å². The highest BCUT2D eigenvalue weighted by Crippen LogP contribution is 2.23. The molecule has 0 aromatic carbocycles. The summed E-state index contributed by atoms with van der Waals surface area (Å²) in [4.78, 5) is 0. The lowest BCUT2D eigenvalue weighted by Crippen LogP contribution is -2.00. The van der Waals surface area contributed by atoms with Crippen molar-refractivity contribution < 1.29 is 5.11 Å². The average molecular weight is 152 g/mol. The van der Waals surface area contributed by atoms with E-state index >= 15 is 0 Å². The van der Waals surface area contributed by atoms with Gasteiger partial charge < -0.3 is 5.11 Å². The summed E-state index contributed by atoms with van der Waals surface area (Å²) in [6, 6.07) is 0. The molecule has 1 aromatic rings. The van der Waals surface area contributed by atoms with E-state index in [9.17, 15) is 0 Å². The van der Waals surface area contributed by atoms with Crippen molar-refractivity contribution in [2.24, 2.45) is 7.05 Å². The zero-order valence-electron chi connectivity index (χ0n) is 6.67. The molecule has 0 bridgehead atoms. The summed E-state index contributed by atoms with van der Waals surface area (Å²) in [5.41, 5.74) is 3.48. The van der Waals surface area contributed by atoms with E-state index in [2.05, 4.69) is 5.10 Å². The third-order valence-corrected chi connectivity index (χ3v) is 2.35. The lowest BCUT2D eigenvalue weighted by Gasteiger charge is -1.98.